The maximum Gasteiger partial charge on any atom is 0.268 e. The van der Waals surface area contributed by atoms with E-state index in [4.69, 9.17) is 15.2 Å². The van der Waals surface area contributed by atoms with E-state index < -0.39 is 36.3 Å². The molecule has 0 unspecified atom stereocenters. The molecule has 0 bridgehead atoms. The predicted octanol–water partition coefficient (Wildman–Crippen LogP) is 13.2. The minimum atomic E-state index is -0.515. The van der Waals surface area contributed by atoms with E-state index >= 15 is 0 Å². The Morgan fingerprint density at radius 1 is 0.587 bits per heavy atom. The maximum absolute atomic E-state index is 9.37. The molecule has 4 heterocycles. The summed E-state index contributed by atoms with van der Waals surface area (Å²) in [7, 11) is 0. The average molecular weight is 996 g/mol. The van der Waals surface area contributed by atoms with Crippen molar-refractivity contribution >= 4 is 32.8 Å². The van der Waals surface area contributed by atoms with Gasteiger partial charge in [0, 0.05) is 55.3 Å². The standard InChI is InChI=1S/C57H36N4O.Pt/c1-57(2)49-25-10-7-21-43(49)47-31-32-58-56(54(47)57)61-51-27-12-9-23-45(51)46-30-29-38(34-53(46)61)62-37-16-13-15-36(33-37)59-35-60-50-26-11-8-22-44(50)41-19-5-3-17-39(41)40-18-4-6-20-42(40)48-24-14-28-52(59)55(48)60;/h3-32H,1-2H3;/q-2;/i3D,4D,5D,6D,17D,18D,19D,20D;. The Morgan fingerprint density at radius 3 is 2.06 bits per heavy atom. The summed E-state index contributed by atoms with van der Waals surface area (Å²) in [6.07, 6.45) is 5.39. The molecule has 2 aliphatic rings. The van der Waals surface area contributed by atoms with Crippen LogP contribution in [0.4, 0.5) is 0 Å². The summed E-state index contributed by atoms with van der Waals surface area (Å²) < 4.78 is 84.7. The van der Waals surface area contributed by atoms with Crippen molar-refractivity contribution < 1.29 is 41.3 Å². The van der Waals surface area contributed by atoms with Crippen molar-refractivity contribution in [2.75, 3.05) is 0 Å². The summed E-state index contributed by atoms with van der Waals surface area (Å²) in [5, 5.41) is 2.06. The van der Waals surface area contributed by atoms with Crippen LogP contribution >= 0.6 is 0 Å². The smallest absolute Gasteiger partial charge is 0.268 e. The van der Waals surface area contributed by atoms with Crippen LogP contribution < -0.4 is 9.30 Å². The van der Waals surface area contributed by atoms with Gasteiger partial charge < -0.3 is 13.9 Å². The van der Waals surface area contributed by atoms with Crippen molar-refractivity contribution in [3.8, 4) is 73.2 Å². The molecular formula is C57H36N4OPt-2. The fourth-order valence-electron chi connectivity index (χ4n) is 9.75. The molecule has 0 radical (unpaired) electrons. The molecule has 0 N–H and O–H groups in total. The van der Waals surface area contributed by atoms with Gasteiger partial charge in [-0.05, 0) is 79.3 Å². The topological polar surface area (TPSA) is 35.9 Å². The van der Waals surface area contributed by atoms with Gasteiger partial charge in [0.05, 0.1) is 27.7 Å². The van der Waals surface area contributed by atoms with Crippen LogP contribution in [-0.2, 0) is 26.5 Å². The predicted molar refractivity (Wildman–Crippen MR) is 247 cm³/mol. The van der Waals surface area contributed by atoms with E-state index in [1.807, 2.05) is 65.4 Å². The zero-order valence-corrected chi connectivity index (χ0v) is 36.0. The van der Waals surface area contributed by atoms with Gasteiger partial charge in [-0.3, -0.25) is 4.57 Å². The average Bonchev–Trinajstić information content (AvgIpc) is 4.01. The number of aromatic nitrogens is 4. The Kier molecular flexibility index (Phi) is 6.68. The van der Waals surface area contributed by atoms with Crippen LogP contribution in [0.3, 0.4) is 0 Å². The van der Waals surface area contributed by atoms with Crippen LogP contribution in [0.25, 0.3) is 94.5 Å². The van der Waals surface area contributed by atoms with Crippen molar-refractivity contribution in [2.45, 2.75) is 19.3 Å². The molecular weight excluding hydrogens is 952 g/mol. The molecule has 1 aliphatic carbocycles. The van der Waals surface area contributed by atoms with Crippen molar-refractivity contribution in [2.24, 2.45) is 0 Å². The molecule has 0 saturated heterocycles. The van der Waals surface area contributed by atoms with E-state index in [0.29, 0.717) is 45.0 Å². The van der Waals surface area contributed by atoms with Crippen LogP contribution in [-0.4, -0.2) is 14.1 Å². The Morgan fingerprint density at radius 2 is 1.24 bits per heavy atom. The number of imidazole rings is 1. The summed E-state index contributed by atoms with van der Waals surface area (Å²) in [6, 6.07) is 44.7. The van der Waals surface area contributed by atoms with Gasteiger partial charge in [-0.15, -0.1) is 29.7 Å². The number of nitrogens with zero attached hydrogens (tertiary/aromatic N) is 4. The molecule has 1 aliphatic heterocycles. The molecule has 0 fully saturated rings. The molecule has 13 rings (SSSR count). The molecule has 0 saturated carbocycles. The van der Waals surface area contributed by atoms with Gasteiger partial charge in [0.25, 0.3) is 6.33 Å². The first-order valence-corrected chi connectivity index (χ1v) is 20.4. The maximum atomic E-state index is 9.37. The molecule has 0 atom stereocenters. The Bertz CT molecular complexity index is 4140. The van der Waals surface area contributed by atoms with E-state index in [-0.39, 0.29) is 60.8 Å². The fourth-order valence-corrected chi connectivity index (χ4v) is 9.75. The van der Waals surface area contributed by atoms with Gasteiger partial charge in [-0.25, -0.2) is 4.98 Å². The van der Waals surface area contributed by atoms with Crippen molar-refractivity contribution in [1.82, 2.24) is 14.1 Å². The summed E-state index contributed by atoms with van der Waals surface area (Å²) in [5.41, 5.74) is 9.47. The van der Waals surface area contributed by atoms with Crippen LogP contribution in [0.1, 0.15) is 35.9 Å². The number of ether oxygens (including phenoxy) is 1. The summed E-state index contributed by atoms with van der Waals surface area (Å²) in [5.74, 6) is 1.69. The molecule has 11 aromatic rings. The summed E-state index contributed by atoms with van der Waals surface area (Å²) in [4.78, 5) is 5.08. The molecule has 0 amide bonds. The Labute approximate surface area is 390 Å². The van der Waals surface area contributed by atoms with Crippen LogP contribution in [0.5, 0.6) is 11.5 Å². The third kappa shape index (κ3) is 5.46. The first kappa shape index (κ1) is 29.8. The fraction of sp³-hybridized carbons (Fsp3) is 0.0526. The third-order valence-electron chi connectivity index (χ3n) is 12.4. The summed E-state index contributed by atoms with van der Waals surface area (Å²) >= 11 is 0. The minimum absolute atomic E-state index is 0. The molecule has 6 heteroatoms. The molecule has 0 spiro atoms. The number of fused-ring (bicyclic) bond motifs is 13. The quantitative estimate of drug-likeness (QED) is 0.130. The number of benzene rings is 8. The Balaban J connectivity index is 0.00000517. The van der Waals surface area contributed by atoms with Gasteiger partial charge >= 0.3 is 0 Å². The molecule has 302 valence electrons. The second-order valence-electron chi connectivity index (χ2n) is 16.1. The van der Waals surface area contributed by atoms with E-state index in [1.54, 1.807) is 28.8 Å². The SMILES string of the molecule is [2H]c1c([2H])c([2H])c2c(c1[2H])-c1ccccc1-[n+]1[c-]n(-c3[c-]c(Oc4[c-]c5c(cc4)c4ccccc4n5-c4nccc5c4C(C)(C)c4ccccc4-5)ccc3)c3cccc(c31)-c1c([2H])c([2H])c([2H])c([2H])c1-2.[Pt]. The second kappa shape index (κ2) is 14.1. The van der Waals surface area contributed by atoms with Gasteiger partial charge in [-0.1, -0.05) is 147 Å². The largest absolute Gasteiger partial charge is 0.510 e. The number of pyridine rings is 1. The molecule has 63 heavy (non-hydrogen) atoms. The van der Waals surface area contributed by atoms with Gasteiger partial charge in [-0.2, -0.15) is 18.2 Å². The number of para-hydroxylation sites is 3. The van der Waals surface area contributed by atoms with E-state index in [0.717, 1.165) is 38.8 Å². The summed E-state index contributed by atoms with van der Waals surface area (Å²) in [6.45, 7) is 4.50. The molecule has 3 aromatic heterocycles. The van der Waals surface area contributed by atoms with Crippen LogP contribution in [0.15, 0.2) is 182 Å². The first-order valence-electron chi connectivity index (χ1n) is 24.4. The minimum Gasteiger partial charge on any atom is -0.510 e. The van der Waals surface area contributed by atoms with Crippen molar-refractivity contribution in [1.29, 1.82) is 0 Å². The van der Waals surface area contributed by atoms with E-state index in [9.17, 15) is 5.48 Å². The molecule has 5 nitrogen and oxygen atoms in total. The molecule has 8 aromatic carbocycles. The zero-order valence-electron chi connectivity index (χ0n) is 41.7. The van der Waals surface area contributed by atoms with Crippen molar-refractivity contribution in [3.05, 3.63) is 212 Å². The Hall–Kier alpha value is -7.33. The van der Waals surface area contributed by atoms with Crippen LogP contribution in [0.2, 0.25) is 0 Å². The monoisotopic (exact) mass is 995 g/mol. The van der Waals surface area contributed by atoms with Crippen LogP contribution in [0, 0.1) is 18.5 Å². The first-order chi connectivity index (χ1) is 33.8. The van der Waals surface area contributed by atoms with E-state index in [2.05, 4.69) is 85.4 Å². The van der Waals surface area contributed by atoms with Gasteiger partial charge in [0.15, 0.2) is 0 Å². The van der Waals surface area contributed by atoms with Gasteiger partial charge in [0.1, 0.15) is 5.82 Å². The van der Waals surface area contributed by atoms with Crippen molar-refractivity contribution in [3.63, 3.8) is 0 Å². The second-order valence-corrected chi connectivity index (χ2v) is 16.1. The number of rotatable bonds is 4. The third-order valence-corrected chi connectivity index (χ3v) is 12.4. The van der Waals surface area contributed by atoms with E-state index in [1.165, 1.54) is 11.1 Å². The number of hydrogen-bond acceptors (Lipinski definition) is 2. The van der Waals surface area contributed by atoms with Gasteiger partial charge in [0.2, 0.25) is 0 Å². The normalized spacial score (nSPS) is 14.7. The zero-order chi connectivity index (χ0) is 48.1. The number of hydrogen-bond donors (Lipinski definition) is 0.